The van der Waals surface area contributed by atoms with Crippen LogP contribution in [0.5, 0.6) is 0 Å². The molecule has 0 saturated carbocycles. The van der Waals surface area contributed by atoms with Gasteiger partial charge >= 0.3 is 0 Å². The van der Waals surface area contributed by atoms with Crippen LogP contribution < -0.4 is 0 Å². The molecule has 1 rings (SSSR count). The van der Waals surface area contributed by atoms with Crippen LogP contribution in [0.4, 0.5) is 0 Å². The number of likely N-dealkylation sites (N-methyl/N-ethyl adjacent to an activating group) is 1. The Bertz CT molecular complexity index is 319. The van der Waals surface area contributed by atoms with E-state index in [0.717, 1.165) is 37.9 Å². The Morgan fingerprint density at radius 1 is 1.47 bits per heavy atom. The predicted octanol–water partition coefficient (Wildman–Crippen LogP) is 0.605. The van der Waals surface area contributed by atoms with Crippen LogP contribution in [-0.2, 0) is 13.0 Å². The largest absolute Gasteiger partial charge is 0.308 e. The maximum absolute atomic E-state index is 10.7. The Labute approximate surface area is 90.1 Å². The maximum Gasteiger partial charge on any atom is 0.172 e. The molecule has 0 aliphatic rings. The van der Waals surface area contributed by atoms with Gasteiger partial charge in [-0.3, -0.25) is 4.79 Å². The Morgan fingerprint density at radius 3 is 2.73 bits per heavy atom. The van der Waals surface area contributed by atoms with Crippen LogP contribution in [0.2, 0.25) is 0 Å². The molecular weight excluding hydrogens is 192 g/mol. The molecule has 5 nitrogen and oxygen atoms in total. The summed E-state index contributed by atoms with van der Waals surface area (Å²) in [4.78, 5) is 12.8. The van der Waals surface area contributed by atoms with E-state index >= 15 is 0 Å². The van der Waals surface area contributed by atoms with E-state index in [1.54, 1.807) is 0 Å². The molecule has 0 aliphatic heterocycles. The van der Waals surface area contributed by atoms with Gasteiger partial charge < -0.3 is 4.90 Å². The highest BCUT2D eigenvalue weighted by atomic mass is 16.1. The fourth-order valence-electron chi connectivity index (χ4n) is 1.41. The summed E-state index contributed by atoms with van der Waals surface area (Å²) in [6, 6.07) is 0. The van der Waals surface area contributed by atoms with Gasteiger partial charge in [-0.1, -0.05) is 18.6 Å². The van der Waals surface area contributed by atoms with Crippen molar-refractivity contribution in [3.8, 4) is 0 Å². The lowest BCUT2D eigenvalue weighted by molar-refractivity contribution is 0.111. The lowest BCUT2D eigenvalue weighted by atomic mass is 10.2. The highest BCUT2D eigenvalue weighted by molar-refractivity contribution is 5.73. The van der Waals surface area contributed by atoms with E-state index in [1.807, 2.05) is 18.8 Å². The van der Waals surface area contributed by atoms with Crippen LogP contribution in [0.3, 0.4) is 0 Å². The van der Waals surface area contributed by atoms with E-state index in [0.29, 0.717) is 5.69 Å². The Hall–Kier alpha value is -1.23. The molecule has 0 unspecified atom stereocenters. The highest BCUT2D eigenvalue weighted by Crippen LogP contribution is 2.06. The molecule has 0 aromatic carbocycles. The second-order valence-corrected chi connectivity index (χ2v) is 3.82. The third-order valence-corrected chi connectivity index (χ3v) is 2.23. The van der Waals surface area contributed by atoms with Gasteiger partial charge in [0.1, 0.15) is 5.69 Å². The molecule has 0 atom stereocenters. The quantitative estimate of drug-likeness (QED) is 0.645. The van der Waals surface area contributed by atoms with Crippen molar-refractivity contribution in [3.63, 3.8) is 0 Å². The summed E-state index contributed by atoms with van der Waals surface area (Å²) in [6.07, 6.45) is 2.63. The molecule has 15 heavy (non-hydrogen) atoms. The van der Waals surface area contributed by atoms with Crippen LogP contribution in [0.1, 0.15) is 29.5 Å². The summed E-state index contributed by atoms with van der Waals surface area (Å²) >= 11 is 0. The van der Waals surface area contributed by atoms with E-state index in [1.165, 1.54) is 0 Å². The summed E-state index contributed by atoms with van der Waals surface area (Å²) in [6.45, 7) is 3.76. The Balaban J connectivity index is 2.77. The van der Waals surface area contributed by atoms with Gasteiger partial charge in [-0.15, -0.1) is 5.10 Å². The predicted molar refractivity (Wildman–Crippen MR) is 58.0 cm³/mol. The Kier molecular flexibility index (Phi) is 4.42. The number of aldehydes is 1. The fraction of sp³-hybridized carbons (Fsp3) is 0.700. The fourth-order valence-corrected chi connectivity index (χ4v) is 1.41. The minimum atomic E-state index is 0.482. The standard InChI is InChI=1S/C10H18N4O/c1-4-5-10-9(8-15)11-12-14(10)7-6-13(2)3/h8H,4-7H2,1-3H3. The number of rotatable bonds is 6. The molecule has 0 bridgehead atoms. The summed E-state index contributed by atoms with van der Waals surface area (Å²) in [5.74, 6) is 0. The molecule has 0 amide bonds. The second kappa shape index (κ2) is 5.60. The van der Waals surface area contributed by atoms with Crippen molar-refractivity contribution < 1.29 is 4.79 Å². The van der Waals surface area contributed by atoms with Gasteiger partial charge in [-0.05, 0) is 20.5 Å². The molecule has 0 N–H and O–H groups in total. The van der Waals surface area contributed by atoms with Crippen molar-refractivity contribution in [1.29, 1.82) is 0 Å². The average molecular weight is 210 g/mol. The van der Waals surface area contributed by atoms with Crippen molar-refractivity contribution in [3.05, 3.63) is 11.4 Å². The topological polar surface area (TPSA) is 51.0 Å². The van der Waals surface area contributed by atoms with Gasteiger partial charge in [0.15, 0.2) is 6.29 Å². The zero-order valence-electron chi connectivity index (χ0n) is 9.60. The second-order valence-electron chi connectivity index (χ2n) is 3.82. The number of nitrogens with zero attached hydrogens (tertiary/aromatic N) is 4. The smallest absolute Gasteiger partial charge is 0.172 e. The van der Waals surface area contributed by atoms with Crippen LogP contribution in [0.25, 0.3) is 0 Å². The van der Waals surface area contributed by atoms with E-state index in [4.69, 9.17) is 0 Å². The van der Waals surface area contributed by atoms with Crippen molar-refractivity contribution in [2.24, 2.45) is 0 Å². The maximum atomic E-state index is 10.7. The molecule has 1 heterocycles. The van der Waals surface area contributed by atoms with Crippen molar-refractivity contribution >= 4 is 6.29 Å². The summed E-state index contributed by atoms with van der Waals surface area (Å²) in [5, 5.41) is 7.84. The van der Waals surface area contributed by atoms with Crippen LogP contribution >= 0.6 is 0 Å². The van der Waals surface area contributed by atoms with E-state index < -0.39 is 0 Å². The van der Waals surface area contributed by atoms with E-state index in [9.17, 15) is 4.79 Å². The normalized spacial score (nSPS) is 10.9. The lowest BCUT2D eigenvalue weighted by Gasteiger charge is -2.10. The molecule has 0 spiro atoms. The van der Waals surface area contributed by atoms with Gasteiger partial charge in [0.05, 0.1) is 12.2 Å². The third-order valence-electron chi connectivity index (χ3n) is 2.23. The molecule has 0 aliphatic carbocycles. The minimum Gasteiger partial charge on any atom is -0.308 e. The summed E-state index contributed by atoms with van der Waals surface area (Å²) in [7, 11) is 4.02. The van der Waals surface area contributed by atoms with E-state index in [2.05, 4.69) is 22.1 Å². The molecule has 1 aromatic heterocycles. The molecular formula is C10H18N4O. The SMILES string of the molecule is CCCc1c(C=O)nnn1CCN(C)C. The van der Waals surface area contributed by atoms with Crippen LogP contribution in [0, 0.1) is 0 Å². The summed E-state index contributed by atoms with van der Waals surface area (Å²) < 4.78 is 1.83. The number of aromatic nitrogens is 3. The lowest BCUT2D eigenvalue weighted by Crippen LogP contribution is -2.20. The zero-order valence-corrected chi connectivity index (χ0v) is 9.60. The monoisotopic (exact) mass is 210 g/mol. The van der Waals surface area contributed by atoms with Crippen molar-refractivity contribution in [1.82, 2.24) is 19.9 Å². The van der Waals surface area contributed by atoms with Crippen molar-refractivity contribution in [2.75, 3.05) is 20.6 Å². The Morgan fingerprint density at radius 2 is 2.20 bits per heavy atom. The highest BCUT2D eigenvalue weighted by Gasteiger charge is 2.10. The van der Waals surface area contributed by atoms with Gasteiger partial charge in [-0.25, -0.2) is 4.68 Å². The zero-order chi connectivity index (χ0) is 11.3. The van der Waals surface area contributed by atoms with E-state index in [-0.39, 0.29) is 0 Å². The average Bonchev–Trinajstić information content (AvgIpc) is 2.58. The number of carbonyl (C=O) groups is 1. The van der Waals surface area contributed by atoms with Gasteiger partial charge in [0.2, 0.25) is 0 Å². The van der Waals surface area contributed by atoms with Crippen molar-refractivity contribution in [2.45, 2.75) is 26.3 Å². The molecule has 0 fully saturated rings. The molecule has 0 radical (unpaired) electrons. The third kappa shape index (κ3) is 3.13. The number of hydrogen-bond acceptors (Lipinski definition) is 4. The number of carbonyl (C=O) groups excluding carboxylic acids is 1. The first kappa shape index (κ1) is 11.8. The van der Waals surface area contributed by atoms with Gasteiger partial charge in [0, 0.05) is 6.54 Å². The minimum absolute atomic E-state index is 0.482. The number of hydrogen-bond donors (Lipinski definition) is 0. The molecule has 1 aromatic rings. The van der Waals surface area contributed by atoms with Gasteiger partial charge in [-0.2, -0.15) is 0 Å². The summed E-state index contributed by atoms with van der Waals surface area (Å²) in [5.41, 5.74) is 1.44. The first-order valence-electron chi connectivity index (χ1n) is 5.21. The molecule has 5 heteroatoms. The molecule has 84 valence electrons. The molecule has 0 saturated heterocycles. The van der Waals surface area contributed by atoms with Crippen LogP contribution in [0.15, 0.2) is 0 Å². The first-order chi connectivity index (χ1) is 7.19. The first-order valence-corrected chi connectivity index (χ1v) is 5.21. The van der Waals surface area contributed by atoms with Crippen LogP contribution in [-0.4, -0.2) is 46.8 Å². The van der Waals surface area contributed by atoms with Gasteiger partial charge in [0.25, 0.3) is 0 Å².